The van der Waals surface area contributed by atoms with Gasteiger partial charge < -0.3 is 4.74 Å². The van der Waals surface area contributed by atoms with Crippen LogP contribution in [0.3, 0.4) is 0 Å². The van der Waals surface area contributed by atoms with Gasteiger partial charge >= 0.3 is 5.97 Å². The first-order valence-corrected chi connectivity index (χ1v) is 21.8. The van der Waals surface area contributed by atoms with E-state index in [4.69, 9.17) is 4.74 Å². The van der Waals surface area contributed by atoms with E-state index in [2.05, 4.69) is 48.5 Å². The van der Waals surface area contributed by atoms with Crippen LogP contribution in [-0.2, 0) is 9.53 Å². The van der Waals surface area contributed by atoms with Crippen molar-refractivity contribution in [1.82, 2.24) is 0 Å². The Labute approximate surface area is 294 Å². The molecule has 2 heteroatoms. The van der Waals surface area contributed by atoms with E-state index in [-0.39, 0.29) is 12.1 Å². The van der Waals surface area contributed by atoms with E-state index in [0.717, 1.165) is 66.6 Å². The van der Waals surface area contributed by atoms with Crippen molar-refractivity contribution in [2.45, 2.75) is 222 Å². The molecule has 47 heavy (non-hydrogen) atoms. The molecule has 2 nitrogen and oxygen atoms in total. The molecule has 0 aromatic rings. The Hall–Kier alpha value is -0.530. The number of fused-ring (bicyclic) bond motifs is 5. The monoisotopic (exact) mass is 655 g/mol. The lowest BCUT2D eigenvalue weighted by molar-refractivity contribution is -0.162. The van der Waals surface area contributed by atoms with Crippen molar-refractivity contribution >= 4 is 5.97 Å². The van der Waals surface area contributed by atoms with Gasteiger partial charge in [-0.2, -0.15) is 0 Å². The number of unbranched alkanes of at least 4 members (excludes halogenated alkanes) is 12. The number of esters is 1. The molecule has 10 atom stereocenters. The highest BCUT2D eigenvalue weighted by atomic mass is 16.5. The minimum atomic E-state index is 0.0913. The maximum atomic E-state index is 12.8. The Balaban J connectivity index is 1.14. The molecule has 0 saturated heterocycles. The van der Waals surface area contributed by atoms with E-state index in [0.29, 0.717) is 17.3 Å². The van der Waals surface area contributed by atoms with Crippen LogP contribution >= 0.6 is 0 Å². The normalized spacial score (nSPS) is 34.8. The Morgan fingerprint density at radius 2 is 1.28 bits per heavy atom. The molecular formula is C45H82O2. The molecule has 4 aliphatic rings. The van der Waals surface area contributed by atoms with Gasteiger partial charge in [0.25, 0.3) is 0 Å². The Kier molecular flexibility index (Phi) is 16.0. The molecule has 4 aliphatic carbocycles. The molecule has 4 saturated carbocycles. The molecule has 0 aliphatic heterocycles. The van der Waals surface area contributed by atoms with Gasteiger partial charge in [-0.1, -0.05) is 138 Å². The molecule has 2 unspecified atom stereocenters. The fourth-order valence-corrected chi connectivity index (χ4v) is 12.5. The van der Waals surface area contributed by atoms with Crippen molar-refractivity contribution in [2.75, 3.05) is 0 Å². The van der Waals surface area contributed by atoms with Crippen LogP contribution in [0.25, 0.3) is 0 Å². The molecule has 0 heterocycles. The highest BCUT2D eigenvalue weighted by Gasteiger charge is 2.60. The molecule has 274 valence electrons. The van der Waals surface area contributed by atoms with Gasteiger partial charge in [0, 0.05) is 6.42 Å². The largest absolute Gasteiger partial charge is 0.462 e. The number of ether oxygens (including phenoxy) is 1. The van der Waals surface area contributed by atoms with Gasteiger partial charge in [-0.25, -0.2) is 0 Å². The van der Waals surface area contributed by atoms with Crippen molar-refractivity contribution in [2.24, 2.45) is 58.2 Å². The van der Waals surface area contributed by atoms with Crippen LogP contribution in [0.4, 0.5) is 0 Å². The van der Waals surface area contributed by atoms with E-state index in [1.54, 1.807) is 0 Å². The SMILES string of the molecule is CCCCCCCCCCCCCCCC(=O)OC1CC[C@@]2(C)C(CC[C@H]3[C@@H]4CC[C@H]([C@H](C)CC[C@@H](CC)C(C)C)[C@@]4(C)CC[C@@H]32)C1. The molecule has 0 aromatic carbocycles. The number of hydrogen-bond donors (Lipinski definition) is 0. The minimum Gasteiger partial charge on any atom is -0.462 e. The fourth-order valence-electron chi connectivity index (χ4n) is 12.5. The van der Waals surface area contributed by atoms with Gasteiger partial charge in [0.05, 0.1) is 0 Å². The highest BCUT2D eigenvalue weighted by molar-refractivity contribution is 5.69. The van der Waals surface area contributed by atoms with Crippen LogP contribution in [0.2, 0.25) is 0 Å². The van der Waals surface area contributed by atoms with Crippen LogP contribution < -0.4 is 0 Å². The van der Waals surface area contributed by atoms with Gasteiger partial charge in [0.1, 0.15) is 6.10 Å². The standard InChI is InChI=1S/C45H82O2/c1-8-10-11-12-13-14-15-16-17-18-19-20-21-22-43(46)47-38-29-31-44(6)37(33-38)25-26-39-41-28-27-40(45(41,7)32-30-42(39)44)35(5)23-24-36(9-2)34(3)4/h34-42H,8-33H2,1-7H3/t35-,36-,37?,38?,39+,40-,41+,42+,44+,45-/m1/s1. The second kappa shape index (κ2) is 19.2. The average molecular weight is 655 g/mol. The summed E-state index contributed by atoms with van der Waals surface area (Å²) in [5.74, 6) is 7.20. The van der Waals surface area contributed by atoms with Gasteiger partial charge in [0.2, 0.25) is 0 Å². The number of carbonyl (C=O) groups is 1. The zero-order valence-corrected chi connectivity index (χ0v) is 32.9. The lowest BCUT2D eigenvalue weighted by Crippen LogP contribution is -2.54. The number of carbonyl (C=O) groups excluding carboxylic acids is 1. The summed E-state index contributed by atoms with van der Waals surface area (Å²) in [5.41, 5.74) is 1.04. The molecule has 0 radical (unpaired) electrons. The van der Waals surface area contributed by atoms with E-state index in [1.165, 1.54) is 141 Å². The molecule has 0 aromatic heterocycles. The lowest BCUT2D eigenvalue weighted by atomic mass is 9.44. The predicted molar refractivity (Wildman–Crippen MR) is 202 cm³/mol. The molecule has 0 spiro atoms. The summed E-state index contributed by atoms with van der Waals surface area (Å²) in [6.45, 7) is 17.6. The molecule has 0 amide bonds. The summed E-state index contributed by atoms with van der Waals surface area (Å²) in [6.07, 6.45) is 34.8. The van der Waals surface area contributed by atoms with Crippen LogP contribution in [-0.4, -0.2) is 12.1 Å². The molecule has 0 N–H and O–H groups in total. The van der Waals surface area contributed by atoms with Crippen LogP contribution in [0, 0.1) is 58.2 Å². The first-order chi connectivity index (χ1) is 22.6. The second-order valence-electron chi connectivity index (χ2n) is 18.7. The van der Waals surface area contributed by atoms with E-state index in [1.807, 2.05) is 0 Å². The zero-order chi connectivity index (χ0) is 33.9. The van der Waals surface area contributed by atoms with Crippen molar-refractivity contribution < 1.29 is 9.53 Å². The summed E-state index contributed by atoms with van der Waals surface area (Å²) >= 11 is 0. The van der Waals surface area contributed by atoms with Crippen molar-refractivity contribution in [3.8, 4) is 0 Å². The minimum absolute atomic E-state index is 0.0913. The lowest BCUT2D eigenvalue weighted by Gasteiger charge is -2.61. The molecule has 4 fully saturated rings. The van der Waals surface area contributed by atoms with E-state index in [9.17, 15) is 4.79 Å². The van der Waals surface area contributed by atoms with E-state index < -0.39 is 0 Å². The quantitative estimate of drug-likeness (QED) is 0.0909. The smallest absolute Gasteiger partial charge is 0.306 e. The number of hydrogen-bond acceptors (Lipinski definition) is 2. The maximum absolute atomic E-state index is 12.8. The zero-order valence-electron chi connectivity index (χ0n) is 32.9. The van der Waals surface area contributed by atoms with E-state index >= 15 is 0 Å². The third-order valence-corrected chi connectivity index (χ3v) is 15.6. The average Bonchev–Trinajstić information content (AvgIpc) is 3.41. The van der Waals surface area contributed by atoms with Gasteiger partial charge in [0.15, 0.2) is 0 Å². The maximum Gasteiger partial charge on any atom is 0.306 e. The predicted octanol–water partition coefficient (Wildman–Crippen LogP) is 14.1. The van der Waals surface area contributed by atoms with Crippen LogP contribution in [0.15, 0.2) is 0 Å². The van der Waals surface area contributed by atoms with Gasteiger partial charge in [-0.3, -0.25) is 4.79 Å². The van der Waals surface area contributed by atoms with Crippen molar-refractivity contribution in [1.29, 1.82) is 0 Å². The summed E-state index contributed by atoms with van der Waals surface area (Å²) < 4.78 is 6.18. The van der Waals surface area contributed by atoms with Crippen molar-refractivity contribution in [3.63, 3.8) is 0 Å². The second-order valence-corrected chi connectivity index (χ2v) is 18.7. The van der Waals surface area contributed by atoms with Gasteiger partial charge in [-0.15, -0.1) is 0 Å². The Bertz CT molecular complexity index is 894. The number of rotatable bonds is 21. The summed E-state index contributed by atoms with van der Waals surface area (Å²) in [5, 5.41) is 0. The Morgan fingerprint density at radius 1 is 0.681 bits per heavy atom. The summed E-state index contributed by atoms with van der Waals surface area (Å²) in [6, 6.07) is 0. The fraction of sp³-hybridized carbons (Fsp3) is 0.978. The summed E-state index contributed by atoms with van der Waals surface area (Å²) in [4.78, 5) is 12.8. The van der Waals surface area contributed by atoms with Crippen LogP contribution in [0.5, 0.6) is 0 Å². The summed E-state index contributed by atoms with van der Waals surface area (Å²) in [7, 11) is 0. The van der Waals surface area contributed by atoms with Crippen LogP contribution in [0.1, 0.15) is 215 Å². The first-order valence-electron chi connectivity index (χ1n) is 21.8. The van der Waals surface area contributed by atoms with Gasteiger partial charge in [-0.05, 0) is 129 Å². The third-order valence-electron chi connectivity index (χ3n) is 15.6. The Morgan fingerprint density at radius 3 is 1.89 bits per heavy atom. The first kappa shape index (κ1) is 39.3. The molecule has 4 rings (SSSR count). The molecule has 0 bridgehead atoms. The molecular weight excluding hydrogens is 572 g/mol. The third kappa shape index (κ3) is 10.3. The topological polar surface area (TPSA) is 26.3 Å². The highest BCUT2D eigenvalue weighted by Crippen LogP contribution is 2.68. The van der Waals surface area contributed by atoms with Crippen molar-refractivity contribution in [3.05, 3.63) is 0 Å².